The van der Waals surface area contributed by atoms with E-state index in [2.05, 4.69) is 0 Å². The molecule has 0 spiro atoms. The van der Waals surface area contributed by atoms with Gasteiger partial charge in [-0.05, 0) is 49.3 Å². The van der Waals surface area contributed by atoms with Gasteiger partial charge in [-0.1, -0.05) is 30.2 Å². The second-order valence-corrected chi connectivity index (χ2v) is 6.00. The third-order valence-corrected chi connectivity index (χ3v) is 4.47. The van der Waals surface area contributed by atoms with Crippen LogP contribution in [0.3, 0.4) is 0 Å². The number of rotatable bonds is 5. The molecule has 1 aromatic rings. The quantitative estimate of drug-likeness (QED) is 0.899. The zero-order valence-corrected chi connectivity index (χ0v) is 12.5. The van der Waals surface area contributed by atoms with Gasteiger partial charge in [0.1, 0.15) is 0 Å². The zero-order valence-electron chi connectivity index (χ0n) is 11.7. The molecule has 0 heterocycles. The molecule has 0 amide bonds. The highest BCUT2D eigenvalue weighted by Crippen LogP contribution is 2.33. The van der Waals surface area contributed by atoms with E-state index in [0.717, 1.165) is 31.2 Å². The van der Waals surface area contributed by atoms with Gasteiger partial charge in [-0.25, -0.2) is 0 Å². The van der Waals surface area contributed by atoms with Gasteiger partial charge >= 0.3 is 5.97 Å². The van der Waals surface area contributed by atoms with E-state index in [4.69, 9.17) is 16.3 Å². The summed E-state index contributed by atoms with van der Waals surface area (Å²) in [5.41, 5.74) is 0.990. The van der Waals surface area contributed by atoms with Crippen LogP contribution in [0.25, 0.3) is 0 Å². The molecule has 3 atom stereocenters. The first-order valence-electron chi connectivity index (χ1n) is 7.10. The highest BCUT2D eigenvalue weighted by atomic mass is 35.5. The molecule has 0 aromatic heterocycles. The number of aliphatic carboxylic acids is 1. The van der Waals surface area contributed by atoms with Crippen LogP contribution in [0.2, 0.25) is 5.02 Å². The number of benzene rings is 1. The van der Waals surface area contributed by atoms with Crippen LogP contribution in [0.4, 0.5) is 0 Å². The van der Waals surface area contributed by atoms with Crippen LogP contribution in [-0.2, 0) is 16.0 Å². The molecule has 4 heteroatoms. The van der Waals surface area contributed by atoms with Gasteiger partial charge in [0.15, 0.2) is 0 Å². The van der Waals surface area contributed by atoms with Gasteiger partial charge < -0.3 is 9.84 Å². The molecule has 0 radical (unpaired) electrons. The molecule has 0 bridgehead atoms. The molecule has 0 aliphatic heterocycles. The number of methoxy groups -OCH3 is 1. The predicted molar refractivity (Wildman–Crippen MR) is 79.0 cm³/mol. The summed E-state index contributed by atoms with van der Waals surface area (Å²) >= 11 is 5.97. The van der Waals surface area contributed by atoms with Crippen LogP contribution in [-0.4, -0.2) is 24.3 Å². The summed E-state index contributed by atoms with van der Waals surface area (Å²) in [5.74, 6) is -0.886. The third kappa shape index (κ3) is 3.97. The van der Waals surface area contributed by atoms with Crippen LogP contribution in [0, 0.1) is 11.8 Å². The minimum atomic E-state index is -0.716. The molecule has 1 saturated carbocycles. The lowest BCUT2D eigenvalue weighted by atomic mass is 9.76. The summed E-state index contributed by atoms with van der Waals surface area (Å²) in [6.45, 7) is 0. The maximum atomic E-state index is 11.6. The van der Waals surface area contributed by atoms with Gasteiger partial charge in [-0.3, -0.25) is 4.79 Å². The lowest BCUT2D eigenvalue weighted by Crippen LogP contribution is -2.32. The van der Waals surface area contributed by atoms with E-state index in [9.17, 15) is 9.90 Å². The highest BCUT2D eigenvalue weighted by Gasteiger charge is 2.32. The van der Waals surface area contributed by atoms with E-state index in [-0.39, 0.29) is 17.9 Å². The van der Waals surface area contributed by atoms with Crippen molar-refractivity contribution in [3.05, 3.63) is 34.9 Å². The molecule has 1 aliphatic carbocycles. The van der Waals surface area contributed by atoms with E-state index in [0.29, 0.717) is 11.4 Å². The topological polar surface area (TPSA) is 46.5 Å². The molecule has 1 fully saturated rings. The Morgan fingerprint density at radius 2 is 2.30 bits per heavy atom. The number of carbonyl (C=O) groups is 1. The number of hydrogen-bond donors (Lipinski definition) is 1. The second-order valence-electron chi connectivity index (χ2n) is 5.56. The SMILES string of the molecule is COC1CCCC(C(Cc2cccc(Cl)c2)C(=O)O)C1. The Labute approximate surface area is 124 Å². The van der Waals surface area contributed by atoms with Crippen molar-refractivity contribution >= 4 is 17.6 Å². The molecular formula is C16H21ClO3. The van der Waals surface area contributed by atoms with E-state index in [1.807, 2.05) is 24.3 Å². The van der Waals surface area contributed by atoms with E-state index < -0.39 is 5.97 Å². The van der Waals surface area contributed by atoms with Crippen molar-refractivity contribution in [2.75, 3.05) is 7.11 Å². The van der Waals surface area contributed by atoms with Gasteiger partial charge in [0, 0.05) is 12.1 Å². The van der Waals surface area contributed by atoms with Crippen molar-refractivity contribution in [1.82, 2.24) is 0 Å². The zero-order chi connectivity index (χ0) is 14.5. The van der Waals surface area contributed by atoms with Crippen molar-refractivity contribution in [3.63, 3.8) is 0 Å². The summed E-state index contributed by atoms with van der Waals surface area (Å²) in [7, 11) is 1.71. The fourth-order valence-electron chi connectivity index (χ4n) is 3.13. The van der Waals surface area contributed by atoms with E-state index in [1.165, 1.54) is 0 Å². The molecule has 3 nitrogen and oxygen atoms in total. The van der Waals surface area contributed by atoms with Crippen LogP contribution in [0.1, 0.15) is 31.2 Å². The first-order valence-corrected chi connectivity index (χ1v) is 7.48. The first-order chi connectivity index (χ1) is 9.60. The van der Waals surface area contributed by atoms with Gasteiger partial charge in [0.25, 0.3) is 0 Å². The van der Waals surface area contributed by atoms with Gasteiger partial charge in [-0.15, -0.1) is 0 Å². The Bertz CT molecular complexity index is 461. The van der Waals surface area contributed by atoms with Crippen molar-refractivity contribution in [2.24, 2.45) is 11.8 Å². The average molecular weight is 297 g/mol. The molecule has 1 aromatic carbocycles. The van der Waals surface area contributed by atoms with E-state index >= 15 is 0 Å². The van der Waals surface area contributed by atoms with E-state index in [1.54, 1.807) is 7.11 Å². The van der Waals surface area contributed by atoms with Crippen LogP contribution in [0.5, 0.6) is 0 Å². The Morgan fingerprint density at radius 3 is 2.95 bits per heavy atom. The average Bonchev–Trinajstić information content (AvgIpc) is 2.44. The first kappa shape index (κ1) is 15.3. The lowest BCUT2D eigenvalue weighted by molar-refractivity contribution is -0.144. The van der Waals surface area contributed by atoms with Crippen molar-refractivity contribution in [2.45, 2.75) is 38.2 Å². The summed E-state index contributed by atoms with van der Waals surface area (Å²) in [4.78, 5) is 11.6. The number of hydrogen-bond acceptors (Lipinski definition) is 2. The summed E-state index contributed by atoms with van der Waals surface area (Å²) < 4.78 is 5.41. The van der Waals surface area contributed by atoms with Gasteiger partial charge in [0.2, 0.25) is 0 Å². The van der Waals surface area contributed by atoms with Crippen LogP contribution >= 0.6 is 11.6 Å². The lowest BCUT2D eigenvalue weighted by Gasteiger charge is -2.32. The highest BCUT2D eigenvalue weighted by molar-refractivity contribution is 6.30. The normalized spacial score (nSPS) is 24.3. The number of carboxylic acid groups (broad SMARTS) is 1. The molecular weight excluding hydrogens is 276 g/mol. The number of halogens is 1. The van der Waals surface area contributed by atoms with Crippen molar-refractivity contribution in [1.29, 1.82) is 0 Å². The summed E-state index contributed by atoms with van der Waals surface area (Å²) in [5, 5.41) is 10.2. The Balaban J connectivity index is 2.09. The summed E-state index contributed by atoms with van der Waals surface area (Å²) in [6, 6.07) is 7.48. The summed E-state index contributed by atoms with van der Waals surface area (Å²) in [6.07, 6.45) is 4.64. The largest absolute Gasteiger partial charge is 0.481 e. The van der Waals surface area contributed by atoms with Gasteiger partial charge in [-0.2, -0.15) is 0 Å². The van der Waals surface area contributed by atoms with Crippen molar-refractivity contribution < 1.29 is 14.6 Å². The third-order valence-electron chi connectivity index (χ3n) is 4.23. The van der Waals surface area contributed by atoms with Crippen LogP contribution < -0.4 is 0 Å². The number of ether oxygens (including phenoxy) is 1. The molecule has 1 aliphatic rings. The fourth-order valence-corrected chi connectivity index (χ4v) is 3.35. The smallest absolute Gasteiger partial charge is 0.307 e. The van der Waals surface area contributed by atoms with Crippen molar-refractivity contribution in [3.8, 4) is 0 Å². The maximum absolute atomic E-state index is 11.6. The monoisotopic (exact) mass is 296 g/mol. The maximum Gasteiger partial charge on any atom is 0.307 e. The Morgan fingerprint density at radius 1 is 1.50 bits per heavy atom. The van der Waals surface area contributed by atoms with Crippen LogP contribution in [0.15, 0.2) is 24.3 Å². The Hall–Kier alpha value is -1.06. The van der Waals surface area contributed by atoms with Gasteiger partial charge in [0.05, 0.1) is 12.0 Å². The second kappa shape index (κ2) is 7.09. The standard InChI is InChI=1S/C16H21ClO3/c1-20-14-7-3-5-12(10-14)15(16(18)19)9-11-4-2-6-13(17)8-11/h2,4,6,8,12,14-15H,3,5,7,9-10H2,1H3,(H,18,19). The molecule has 3 unspecified atom stereocenters. The molecule has 1 N–H and O–H groups in total. The predicted octanol–water partition coefficient (Wildman–Crippen LogP) is 3.79. The minimum absolute atomic E-state index is 0.185. The molecule has 0 saturated heterocycles. The molecule has 110 valence electrons. The minimum Gasteiger partial charge on any atom is -0.481 e. The molecule has 20 heavy (non-hydrogen) atoms. The fraction of sp³-hybridized carbons (Fsp3) is 0.562. The Kier molecular flexibility index (Phi) is 5.44. The molecule has 2 rings (SSSR count). The number of carboxylic acids is 1.